The molecular weight excluding hydrogens is 436 g/mol. The van der Waals surface area contributed by atoms with Crippen LogP contribution in [0.15, 0.2) is 24.0 Å². The Morgan fingerprint density at radius 1 is 1.21 bits per heavy atom. The number of halogens is 2. The van der Waals surface area contributed by atoms with Gasteiger partial charge in [-0.2, -0.15) is 0 Å². The summed E-state index contributed by atoms with van der Waals surface area (Å²) in [5.74, 6) is 0.997. The van der Waals surface area contributed by atoms with Gasteiger partial charge >= 0.3 is 0 Å². The normalized spacial score (nSPS) is 33.8. The smallest absolute Gasteiger partial charge is 0.104 e. The number of hydrogen-bond acceptors (Lipinski definition) is 5. The van der Waals surface area contributed by atoms with E-state index in [2.05, 4.69) is 41.7 Å². The second kappa shape index (κ2) is 12.8. The predicted octanol–water partition coefficient (Wildman–Crippen LogP) is 4.55. The summed E-state index contributed by atoms with van der Waals surface area (Å²) in [4.78, 5) is 4.63. The fourth-order valence-electron chi connectivity index (χ4n) is 6.70. The van der Waals surface area contributed by atoms with Crippen molar-refractivity contribution in [3.05, 3.63) is 24.0 Å². The van der Waals surface area contributed by atoms with Gasteiger partial charge in [-0.05, 0) is 64.2 Å². The number of likely N-dealkylation sites (tertiary alicyclic amines) is 1. The Labute approximate surface area is 205 Å². The molecule has 0 amide bonds. The first kappa shape index (κ1) is 27.6. The highest BCUT2D eigenvalue weighted by Gasteiger charge is 2.49. The van der Waals surface area contributed by atoms with Gasteiger partial charge in [0.25, 0.3) is 0 Å². The molecule has 1 aliphatic carbocycles. The van der Waals surface area contributed by atoms with E-state index in [1.165, 1.54) is 5.57 Å². The van der Waals surface area contributed by atoms with E-state index >= 15 is 0 Å². The number of alkyl halides is 2. The van der Waals surface area contributed by atoms with Crippen molar-refractivity contribution in [2.24, 2.45) is 17.8 Å². The van der Waals surface area contributed by atoms with Crippen molar-refractivity contribution in [3.8, 4) is 0 Å². The summed E-state index contributed by atoms with van der Waals surface area (Å²) < 4.78 is 39.5. The number of rotatable bonds is 13. The molecule has 7 heteroatoms. The summed E-state index contributed by atoms with van der Waals surface area (Å²) >= 11 is 0. The number of hydrogen-bond donors (Lipinski definition) is 1. The molecule has 0 aromatic rings. The maximum absolute atomic E-state index is 14.3. The zero-order valence-corrected chi connectivity index (χ0v) is 21.9. The summed E-state index contributed by atoms with van der Waals surface area (Å²) in [5.41, 5.74) is 2.28. The van der Waals surface area contributed by atoms with Gasteiger partial charge in [0.2, 0.25) is 0 Å². The molecule has 2 aliphatic heterocycles. The zero-order valence-electron chi connectivity index (χ0n) is 21.9. The maximum Gasteiger partial charge on any atom is 0.104 e. The van der Waals surface area contributed by atoms with Gasteiger partial charge in [0.1, 0.15) is 6.17 Å². The van der Waals surface area contributed by atoms with Crippen LogP contribution in [0.2, 0.25) is 0 Å². The third-order valence-electron chi connectivity index (χ3n) is 8.35. The van der Waals surface area contributed by atoms with Gasteiger partial charge < -0.3 is 19.7 Å². The summed E-state index contributed by atoms with van der Waals surface area (Å²) in [5, 5.41) is 3.64. The molecule has 0 aromatic heterocycles. The van der Waals surface area contributed by atoms with Crippen LogP contribution < -0.4 is 5.32 Å². The summed E-state index contributed by atoms with van der Waals surface area (Å²) in [6.07, 6.45) is 3.88. The lowest BCUT2D eigenvalue weighted by Crippen LogP contribution is -2.46. The van der Waals surface area contributed by atoms with Crippen LogP contribution in [0.25, 0.3) is 0 Å². The molecule has 5 nitrogen and oxygen atoms in total. The number of nitrogens with one attached hydrogen (secondary N) is 1. The highest BCUT2D eigenvalue weighted by Crippen LogP contribution is 2.43. The van der Waals surface area contributed by atoms with Gasteiger partial charge in [0.15, 0.2) is 0 Å². The van der Waals surface area contributed by atoms with Crippen molar-refractivity contribution in [1.29, 1.82) is 0 Å². The monoisotopic (exact) mass is 483 g/mol. The van der Waals surface area contributed by atoms with E-state index in [0.29, 0.717) is 37.1 Å². The molecule has 8 unspecified atom stereocenters. The van der Waals surface area contributed by atoms with Gasteiger partial charge in [0, 0.05) is 69.9 Å². The lowest BCUT2D eigenvalue weighted by molar-refractivity contribution is -0.0334. The molecule has 8 atom stereocenters. The molecule has 1 N–H and O–H groups in total. The molecule has 0 aromatic carbocycles. The first-order valence-corrected chi connectivity index (χ1v) is 13.3. The highest BCUT2D eigenvalue weighted by atomic mass is 19.1. The van der Waals surface area contributed by atoms with E-state index in [0.717, 1.165) is 51.3 Å². The van der Waals surface area contributed by atoms with E-state index < -0.39 is 12.3 Å². The Kier molecular flexibility index (Phi) is 10.4. The van der Waals surface area contributed by atoms with Gasteiger partial charge in [-0.1, -0.05) is 13.5 Å². The third kappa shape index (κ3) is 6.21. The van der Waals surface area contributed by atoms with Crippen molar-refractivity contribution in [2.45, 2.75) is 83.5 Å². The Hall–Kier alpha value is -1.02. The molecule has 0 radical (unpaired) electrons. The van der Waals surface area contributed by atoms with E-state index in [1.54, 1.807) is 21.1 Å². The number of ether oxygens (including phenoxy) is 2. The van der Waals surface area contributed by atoms with Crippen LogP contribution in [-0.2, 0) is 9.47 Å². The molecule has 0 spiro atoms. The van der Waals surface area contributed by atoms with Gasteiger partial charge in [0.05, 0.1) is 18.4 Å². The van der Waals surface area contributed by atoms with Crippen LogP contribution in [0.3, 0.4) is 0 Å². The minimum Gasteiger partial charge on any atom is -0.381 e. The van der Waals surface area contributed by atoms with Gasteiger partial charge in [-0.3, -0.25) is 4.90 Å². The molecule has 196 valence electrons. The first-order chi connectivity index (χ1) is 16.3. The average Bonchev–Trinajstić information content (AvgIpc) is 3.33. The average molecular weight is 484 g/mol. The molecule has 1 saturated carbocycles. The fourth-order valence-corrected chi connectivity index (χ4v) is 6.70. The minimum absolute atomic E-state index is 0.0228. The van der Waals surface area contributed by atoms with E-state index in [1.807, 2.05) is 0 Å². The summed E-state index contributed by atoms with van der Waals surface area (Å²) in [7, 11) is 3.41. The second-order valence-corrected chi connectivity index (χ2v) is 10.4. The quantitative estimate of drug-likeness (QED) is 0.389. The Morgan fingerprint density at radius 3 is 2.59 bits per heavy atom. The molecular formula is C27H47F2N3O2. The predicted molar refractivity (Wildman–Crippen MR) is 134 cm³/mol. The van der Waals surface area contributed by atoms with Crippen molar-refractivity contribution in [3.63, 3.8) is 0 Å². The number of nitrogens with zero attached hydrogens (tertiary/aromatic N) is 2. The van der Waals surface area contributed by atoms with Crippen molar-refractivity contribution in [1.82, 2.24) is 15.1 Å². The lowest BCUT2D eigenvalue weighted by atomic mass is 9.75. The first-order valence-electron chi connectivity index (χ1n) is 13.3. The summed E-state index contributed by atoms with van der Waals surface area (Å²) in [6.45, 7) is 14.8. The van der Waals surface area contributed by atoms with Crippen molar-refractivity contribution < 1.29 is 18.3 Å². The highest BCUT2D eigenvalue weighted by molar-refractivity contribution is 5.29. The standard InChI is InChI=1S/C27H47F2N3O2/c1-7-31-16-20(26(19(31)4)24(33-5)13-18(3)28)9-11-30-12-10-21-17-32(8-2)23-14-22(29)15-25(34-6)27(21)23/h16,18,21-27,30H,4,7-15,17H2,1-3,5-6H3. The topological polar surface area (TPSA) is 37.0 Å². The largest absolute Gasteiger partial charge is 0.381 e. The molecule has 2 fully saturated rings. The van der Waals surface area contributed by atoms with Crippen LogP contribution in [0, 0.1) is 17.8 Å². The molecule has 34 heavy (non-hydrogen) atoms. The lowest BCUT2D eigenvalue weighted by Gasteiger charge is -2.39. The van der Waals surface area contributed by atoms with Gasteiger partial charge in [-0.15, -0.1) is 0 Å². The van der Waals surface area contributed by atoms with Crippen LogP contribution in [-0.4, -0.2) is 87.3 Å². The van der Waals surface area contributed by atoms with Crippen molar-refractivity contribution in [2.75, 3.05) is 46.9 Å². The molecule has 2 heterocycles. The zero-order chi connectivity index (χ0) is 24.8. The second-order valence-electron chi connectivity index (χ2n) is 10.4. The fraction of sp³-hybridized carbons (Fsp3) is 0.852. The number of fused-ring (bicyclic) bond motifs is 1. The Morgan fingerprint density at radius 2 is 1.97 bits per heavy atom. The Balaban J connectivity index is 1.52. The van der Waals surface area contributed by atoms with Crippen LogP contribution >= 0.6 is 0 Å². The molecule has 0 bridgehead atoms. The minimum atomic E-state index is -0.908. The van der Waals surface area contributed by atoms with Crippen LogP contribution in [0.1, 0.15) is 52.9 Å². The van der Waals surface area contributed by atoms with Crippen LogP contribution in [0.5, 0.6) is 0 Å². The SMILES string of the molecule is C=C1C(C(CC(C)F)OC)C(CCNCCC2CN(CC)C3CC(F)CC(OC)C23)=CN1CC. The van der Waals surface area contributed by atoms with E-state index in [-0.39, 0.29) is 18.1 Å². The molecule has 1 saturated heterocycles. The van der Waals surface area contributed by atoms with Crippen LogP contribution in [0.4, 0.5) is 8.78 Å². The Bertz CT molecular complexity index is 689. The third-order valence-corrected chi connectivity index (χ3v) is 8.35. The van der Waals surface area contributed by atoms with Gasteiger partial charge in [-0.25, -0.2) is 8.78 Å². The van der Waals surface area contributed by atoms with E-state index in [4.69, 9.17) is 9.47 Å². The maximum atomic E-state index is 14.3. The summed E-state index contributed by atoms with van der Waals surface area (Å²) in [6, 6.07) is 0.308. The molecule has 3 aliphatic rings. The van der Waals surface area contributed by atoms with Crippen molar-refractivity contribution >= 4 is 0 Å². The van der Waals surface area contributed by atoms with E-state index in [9.17, 15) is 8.78 Å². The molecule has 3 rings (SSSR count). The number of methoxy groups -OCH3 is 2.